The van der Waals surface area contributed by atoms with Gasteiger partial charge in [0.05, 0.1) is 5.60 Å². The van der Waals surface area contributed by atoms with Crippen LogP contribution in [-0.2, 0) is 9.53 Å². The molecule has 11 heavy (non-hydrogen) atoms. The van der Waals surface area contributed by atoms with E-state index >= 15 is 0 Å². The topological polar surface area (TPSA) is 26.3 Å². The van der Waals surface area contributed by atoms with Gasteiger partial charge in [0.2, 0.25) is 5.97 Å². The minimum absolute atomic E-state index is 0. The number of hydrogen-bond donors (Lipinski definition) is 0. The second-order valence-electron chi connectivity index (χ2n) is 2.63. The average Bonchev–Trinajstić information content (AvgIpc) is 1.62. The number of halogens is 1. The van der Waals surface area contributed by atoms with Crippen LogP contribution < -0.4 is 17.0 Å². The first-order valence-electron chi connectivity index (χ1n) is 2.61. The van der Waals surface area contributed by atoms with Gasteiger partial charge in [-0.25, -0.2) is 5.92 Å². The van der Waals surface area contributed by atoms with Crippen LogP contribution in [0.15, 0.2) is 0 Å². The van der Waals surface area contributed by atoms with Gasteiger partial charge in [-0.15, -0.1) is 0 Å². The molecule has 0 aromatic heterocycles. The van der Waals surface area contributed by atoms with Crippen molar-refractivity contribution in [3.63, 3.8) is 0 Å². The Bertz CT molecular complexity index is 155. The van der Waals surface area contributed by atoms with Gasteiger partial charge in [-0.05, 0) is 20.8 Å². The normalized spacial score (nSPS) is 8.18. The third kappa shape index (κ3) is 13.3. The second kappa shape index (κ2) is 6.95. The second-order valence-corrected chi connectivity index (χ2v) is 2.63. The summed E-state index contributed by atoms with van der Waals surface area (Å²) in [5.74, 6) is 0.890. The number of carbonyl (C=O) groups excluding carboxylic acids is 1. The molecule has 0 bridgehead atoms. The Labute approximate surface area is 94.0 Å². The minimum Gasteiger partial charge on any atom is -1.00 e. The molecule has 0 aromatic rings. The molecule has 0 saturated carbocycles. The molecule has 0 amide bonds. The molecular formula is C7H9BrMgO2. The summed E-state index contributed by atoms with van der Waals surface area (Å²) in [6.07, 6.45) is 6.36. The summed E-state index contributed by atoms with van der Waals surface area (Å²) in [4.78, 5) is 10.3. The SMILES string of the molecule is [Br-].[C-]#CC(=O)OC(C)(C)C.[Mg+2]. The molecule has 0 aliphatic carbocycles. The first-order valence-corrected chi connectivity index (χ1v) is 2.61. The van der Waals surface area contributed by atoms with Crippen molar-refractivity contribution < 1.29 is 26.5 Å². The van der Waals surface area contributed by atoms with E-state index in [0.717, 1.165) is 0 Å². The number of rotatable bonds is 0. The van der Waals surface area contributed by atoms with Crippen LogP contribution in [0.2, 0.25) is 0 Å². The van der Waals surface area contributed by atoms with Crippen molar-refractivity contribution in [2.75, 3.05) is 0 Å². The maximum atomic E-state index is 10.3. The van der Waals surface area contributed by atoms with Crippen molar-refractivity contribution in [3.8, 4) is 5.92 Å². The van der Waals surface area contributed by atoms with Crippen LogP contribution in [-0.4, -0.2) is 34.6 Å². The molecule has 0 N–H and O–H groups in total. The van der Waals surface area contributed by atoms with Gasteiger partial charge < -0.3 is 32.9 Å². The third-order valence-corrected chi connectivity index (χ3v) is 0.501. The van der Waals surface area contributed by atoms with Crippen molar-refractivity contribution in [2.45, 2.75) is 26.4 Å². The molecule has 0 atom stereocenters. The number of esters is 1. The van der Waals surface area contributed by atoms with E-state index in [-0.39, 0.29) is 40.0 Å². The molecule has 0 unspecified atom stereocenters. The summed E-state index contributed by atoms with van der Waals surface area (Å²) in [5, 5.41) is 0. The van der Waals surface area contributed by atoms with Crippen LogP contribution in [0.1, 0.15) is 20.8 Å². The van der Waals surface area contributed by atoms with Crippen molar-refractivity contribution >= 4 is 29.0 Å². The molecule has 0 spiro atoms. The smallest absolute Gasteiger partial charge is 1.00 e. The molecule has 2 nitrogen and oxygen atoms in total. The molecule has 0 aromatic carbocycles. The fourth-order valence-corrected chi connectivity index (χ4v) is 0.304. The van der Waals surface area contributed by atoms with Gasteiger partial charge in [-0.1, -0.05) is 0 Å². The average molecular weight is 229 g/mol. The Hall–Kier alpha value is 0.276. The van der Waals surface area contributed by atoms with Gasteiger partial charge in [0.1, 0.15) is 0 Å². The third-order valence-electron chi connectivity index (χ3n) is 0.501. The monoisotopic (exact) mass is 228 g/mol. The Morgan fingerprint density at radius 3 is 1.91 bits per heavy atom. The summed E-state index contributed by atoms with van der Waals surface area (Å²) in [6.45, 7) is 5.22. The van der Waals surface area contributed by atoms with Crippen molar-refractivity contribution in [2.24, 2.45) is 0 Å². The van der Waals surface area contributed by atoms with Crippen LogP contribution >= 0.6 is 0 Å². The zero-order chi connectivity index (χ0) is 7.49. The molecule has 0 aliphatic rings. The van der Waals surface area contributed by atoms with E-state index in [2.05, 4.69) is 4.74 Å². The maximum absolute atomic E-state index is 10.3. The molecule has 0 radical (unpaired) electrons. The van der Waals surface area contributed by atoms with Crippen molar-refractivity contribution in [1.82, 2.24) is 0 Å². The van der Waals surface area contributed by atoms with Gasteiger partial charge in [0.15, 0.2) is 0 Å². The van der Waals surface area contributed by atoms with E-state index in [4.69, 9.17) is 6.42 Å². The summed E-state index contributed by atoms with van der Waals surface area (Å²) in [7, 11) is 0. The van der Waals surface area contributed by atoms with Crippen molar-refractivity contribution in [3.05, 3.63) is 6.42 Å². The predicted molar refractivity (Wildman–Crippen MR) is 38.7 cm³/mol. The van der Waals surface area contributed by atoms with Gasteiger partial charge in [0, 0.05) is 0 Å². The number of hydrogen-bond acceptors (Lipinski definition) is 2. The molecule has 0 fully saturated rings. The van der Waals surface area contributed by atoms with Crippen LogP contribution in [0.25, 0.3) is 0 Å². The largest absolute Gasteiger partial charge is 2.00 e. The minimum atomic E-state index is -0.720. The van der Waals surface area contributed by atoms with Crippen LogP contribution in [0, 0.1) is 12.3 Å². The molecule has 4 heteroatoms. The zero-order valence-electron chi connectivity index (χ0n) is 6.90. The fourth-order valence-electron chi connectivity index (χ4n) is 0.304. The molecular weight excluding hydrogens is 220 g/mol. The van der Waals surface area contributed by atoms with Crippen LogP contribution in [0.4, 0.5) is 0 Å². The van der Waals surface area contributed by atoms with Gasteiger partial charge >= 0.3 is 23.1 Å². The zero-order valence-corrected chi connectivity index (χ0v) is 9.90. The first-order chi connectivity index (χ1) is 3.95. The Kier molecular flexibility index (Phi) is 11.0. The quantitative estimate of drug-likeness (QED) is 0.199. The first kappa shape index (κ1) is 17.4. The molecule has 58 valence electrons. The van der Waals surface area contributed by atoms with E-state index < -0.39 is 11.6 Å². The van der Waals surface area contributed by atoms with E-state index in [9.17, 15) is 4.79 Å². The van der Waals surface area contributed by atoms with Crippen molar-refractivity contribution in [1.29, 1.82) is 0 Å². The Morgan fingerprint density at radius 2 is 1.82 bits per heavy atom. The van der Waals surface area contributed by atoms with Gasteiger partial charge in [0.25, 0.3) is 0 Å². The fraction of sp³-hybridized carbons (Fsp3) is 0.571. The molecule has 0 rings (SSSR count). The van der Waals surface area contributed by atoms with Crippen LogP contribution in [0.3, 0.4) is 0 Å². The maximum Gasteiger partial charge on any atom is 2.00 e. The summed E-state index contributed by atoms with van der Waals surface area (Å²) in [5.41, 5.74) is -0.509. The van der Waals surface area contributed by atoms with E-state index in [1.165, 1.54) is 0 Å². The summed E-state index contributed by atoms with van der Waals surface area (Å²) >= 11 is 0. The predicted octanol–water partition coefficient (Wildman–Crippen LogP) is -2.46. The summed E-state index contributed by atoms with van der Waals surface area (Å²) < 4.78 is 4.65. The van der Waals surface area contributed by atoms with E-state index in [1.807, 2.05) is 0 Å². The van der Waals surface area contributed by atoms with E-state index in [1.54, 1.807) is 26.7 Å². The number of ether oxygens (including phenoxy) is 1. The summed E-state index contributed by atoms with van der Waals surface area (Å²) in [6, 6.07) is 0. The molecule has 0 aliphatic heterocycles. The Balaban J connectivity index is -0.000000320. The Morgan fingerprint density at radius 1 is 1.45 bits per heavy atom. The van der Waals surface area contributed by atoms with Crippen LogP contribution in [0.5, 0.6) is 0 Å². The molecule has 0 heterocycles. The molecule has 0 saturated heterocycles. The standard InChI is InChI=1S/C7H9O2.BrH.Mg/c1-5-6(8)9-7(2,3)4;;/h2-4H3;1H;/q-1;;+2/p-1. The number of carbonyl (C=O) groups is 1. The van der Waals surface area contributed by atoms with Gasteiger partial charge in [-0.3, -0.25) is 0 Å². The van der Waals surface area contributed by atoms with E-state index in [0.29, 0.717) is 0 Å². The van der Waals surface area contributed by atoms with Gasteiger partial charge in [-0.2, -0.15) is 0 Å².